The molecule has 0 aliphatic heterocycles. The maximum Gasteiger partial charge on any atom is 0.234 e. The summed E-state index contributed by atoms with van der Waals surface area (Å²) in [5.41, 5.74) is 5.16. The van der Waals surface area contributed by atoms with Crippen molar-refractivity contribution >= 4 is 5.91 Å². The fraction of sp³-hybridized carbons (Fsp3) is 0.875. The molecule has 1 amide bonds. The van der Waals surface area contributed by atoms with Crippen molar-refractivity contribution in [2.45, 2.75) is 25.8 Å². The van der Waals surface area contributed by atoms with E-state index in [1.807, 2.05) is 0 Å². The minimum Gasteiger partial charge on any atom is -0.383 e. The SMILES string of the molecule is CCCC(COC)NC(=O)CN. The highest BCUT2D eigenvalue weighted by molar-refractivity contribution is 5.78. The first-order valence-electron chi connectivity index (χ1n) is 4.23. The molecule has 1 unspecified atom stereocenters. The standard InChI is InChI=1S/C8H18N2O2/c1-3-4-7(6-12-2)10-8(11)5-9/h7H,3-6,9H2,1-2H3,(H,10,11). The van der Waals surface area contributed by atoms with Crippen molar-refractivity contribution in [2.24, 2.45) is 5.73 Å². The number of nitrogens with two attached hydrogens (primary N) is 1. The van der Waals surface area contributed by atoms with E-state index in [4.69, 9.17) is 10.5 Å². The van der Waals surface area contributed by atoms with E-state index in [1.165, 1.54) is 0 Å². The average molecular weight is 174 g/mol. The van der Waals surface area contributed by atoms with E-state index in [0.717, 1.165) is 12.8 Å². The lowest BCUT2D eigenvalue weighted by molar-refractivity contribution is -0.120. The maximum atomic E-state index is 10.9. The number of rotatable bonds is 6. The number of ether oxygens (including phenoxy) is 1. The summed E-state index contributed by atoms with van der Waals surface area (Å²) in [4.78, 5) is 10.9. The first kappa shape index (κ1) is 11.4. The molecule has 0 saturated carbocycles. The van der Waals surface area contributed by atoms with Crippen LogP contribution < -0.4 is 11.1 Å². The van der Waals surface area contributed by atoms with Crippen LogP contribution in [0.3, 0.4) is 0 Å². The Labute approximate surface area is 73.5 Å². The van der Waals surface area contributed by atoms with Crippen LogP contribution in [-0.4, -0.2) is 32.2 Å². The van der Waals surface area contributed by atoms with E-state index in [-0.39, 0.29) is 18.5 Å². The third-order valence-corrected chi connectivity index (χ3v) is 1.56. The molecule has 0 aliphatic carbocycles. The molecular weight excluding hydrogens is 156 g/mol. The van der Waals surface area contributed by atoms with Crippen LogP contribution in [-0.2, 0) is 9.53 Å². The number of nitrogens with one attached hydrogen (secondary N) is 1. The monoisotopic (exact) mass is 174 g/mol. The summed E-state index contributed by atoms with van der Waals surface area (Å²) in [5, 5.41) is 2.78. The van der Waals surface area contributed by atoms with Crippen LogP contribution in [0.2, 0.25) is 0 Å². The molecule has 3 N–H and O–H groups in total. The molecule has 1 atom stereocenters. The smallest absolute Gasteiger partial charge is 0.234 e. The molecule has 0 aromatic rings. The maximum absolute atomic E-state index is 10.9. The molecule has 0 fully saturated rings. The third kappa shape index (κ3) is 5.09. The Morgan fingerprint density at radius 3 is 2.75 bits per heavy atom. The van der Waals surface area contributed by atoms with Gasteiger partial charge in [-0.15, -0.1) is 0 Å². The number of hydrogen-bond donors (Lipinski definition) is 2. The first-order chi connectivity index (χ1) is 5.74. The van der Waals surface area contributed by atoms with Gasteiger partial charge in [0, 0.05) is 7.11 Å². The number of hydrogen-bond acceptors (Lipinski definition) is 3. The number of amides is 1. The van der Waals surface area contributed by atoms with Crippen molar-refractivity contribution in [1.29, 1.82) is 0 Å². The van der Waals surface area contributed by atoms with Crippen LogP contribution in [0.4, 0.5) is 0 Å². The van der Waals surface area contributed by atoms with Gasteiger partial charge in [-0.25, -0.2) is 0 Å². The topological polar surface area (TPSA) is 64.3 Å². The van der Waals surface area contributed by atoms with Crippen molar-refractivity contribution < 1.29 is 9.53 Å². The van der Waals surface area contributed by atoms with Crippen LogP contribution in [0.25, 0.3) is 0 Å². The van der Waals surface area contributed by atoms with Gasteiger partial charge in [0.25, 0.3) is 0 Å². The molecule has 0 aromatic heterocycles. The van der Waals surface area contributed by atoms with Gasteiger partial charge in [-0.1, -0.05) is 13.3 Å². The lowest BCUT2D eigenvalue weighted by atomic mass is 10.2. The first-order valence-corrected chi connectivity index (χ1v) is 4.23. The molecule has 0 spiro atoms. The summed E-state index contributed by atoms with van der Waals surface area (Å²) in [6, 6.07) is 0.107. The second-order valence-electron chi connectivity index (χ2n) is 2.71. The normalized spacial score (nSPS) is 12.6. The summed E-state index contributed by atoms with van der Waals surface area (Å²) in [7, 11) is 1.62. The number of carbonyl (C=O) groups is 1. The molecular formula is C8H18N2O2. The Bertz CT molecular complexity index is 122. The Kier molecular flexibility index (Phi) is 6.70. The fourth-order valence-electron chi connectivity index (χ4n) is 1.03. The van der Waals surface area contributed by atoms with E-state index in [2.05, 4.69) is 12.2 Å². The van der Waals surface area contributed by atoms with Crippen molar-refractivity contribution in [1.82, 2.24) is 5.32 Å². The zero-order valence-corrected chi connectivity index (χ0v) is 7.80. The zero-order valence-electron chi connectivity index (χ0n) is 7.80. The van der Waals surface area contributed by atoms with Crippen LogP contribution >= 0.6 is 0 Å². The van der Waals surface area contributed by atoms with Gasteiger partial charge in [-0.3, -0.25) is 4.79 Å². The van der Waals surface area contributed by atoms with Gasteiger partial charge < -0.3 is 15.8 Å². The molecule has 0 rings (SSSR count). The van der Waals surface area contributed by atoms with Crippen molar-refractivity contribution in [2.75, 3.05) is 20.3 Å². The van der Waals surface area contributed by atoms with E-state index in [0.29, 0.717) is 6.61 Å². The van der Waals surface area contributed by atoms with Gasteiger partial charge in [0.15, 0.2) is 0 Å². The molecule has 0 aromatic carbocycles. The van der Waals surface area contributed by atoms with Gasteiger partial charge in [-0.05, 0) is 6.42 Å². The van der Waals surface area contributed by atoms with Gasteiger partial charge in [0.05, 0.1) is 19.2 Å². The van der Waals surface area contributed by atoms with Crippen molar-refractivity contribution in [3.63, 3.8) is 0 Å². The second kappa shape index (κ2) is 7.06. The quantitative estimate of drug-likeness (QED) is 0.590. The van der Waals surface area contributed by atoms with Gasteiger partial charge in [0.2, 0.25) is 5.91 Å². The largest absolute Gasteiger partial charge is 0.383 e. The van der Waals surface area contributed by atoms with Crippen LogP contribution in [0, 0.1) is 0 Å². The Hall–Kier alpha value is -0.610. The molecule has 0 saturated heterocycles. The van der Waals surface area contributed by atoms with Crippen LogP contribution in [0.1, 0.15) is 19.8 Å². The Balaban J connectivity index is 3.68. The van der Waals surface area contributed by atoms with Gasteiger partial charge >= 0.3 is 0 Å². The molecule has 4 heteroatoms. The van der Waals surface area contributed by atoms with Crippen LogP contribution in [0.5, 0.6) is 0 Å². The number of carbonyl (C=O) groups excluding carboxylic acids is 1. The van der Waals surface area contributed by atoms with E-state index < -0.39 is 0 Å². The average Bonchev–Trinajstić information content (AvgIpc) is 2.05. The molecule has 72 valence electrons. The molecule has 0 radical (unpaired) electrons. The fourth-order valence-corrected chi connectivity index (χ4v) is 1.03. The Morgan fingerprint density at radius 1 is 1.67 bits per heavy atom. The molecule has 0 aliphatic rings. The van der Waals surface area contributed by atoms with E-state index >= 15 is 0 Å². The van der Waals surface area contributed by atoms with Gasteiger partial charge in [0.1, 0.15) is 0 Å². The Morgan fingerprint density at radius 2 is 2.33 bits per heavy atom. The second-order valence-corrected chi connectivity index (χ2v) is 2.71. The summed E-state index contributed by atoms with van der Waals surface area (Å²) in [6.07, 6.45) is 1.96. The number of methoxy groups -OCH3 is 1. The highest BCUT2D eigenvalue weighted by atomic mass is 16.5. The highest BCUT2D eigenvalue weighted by Crippen LogP contribution is 1.96. The molecule has 4 nitrogen and oxygen atoms in total. The molecule has 12 heavy (non-hydrogen) atoms. The summed E-state index contributed by atoms with van der Waals surface area (Å²) in [6.45, 7) is 2.67. The minimum atomic E-state index is -0.120. The summed E-state index contributed by atoms with van der Waals surface area (Å²) >= 11 is 0. The minimum absolute atomic E-state index is 0.0456. The van der Waals surface area contributed by atoms with E-state index in [9.17, 15) is 4.79 Å². The highest BCUT2D eigenvalue weighted by Gasteiger charge is 2.08. The van der Waals surface area contributed by atoms with E-state index in [1.54, 1.807) is 7.11 Å². The lowest BCUT2D eigenvalue weighted by Gasteiger charge is -2.16. The summed E-state index contributed by atoms with van der Waals surface area (Å²) < 4.78 is 4.95. The molecule has 0 heterocycles. The predicted octanol–water partition coefficient (Wildman–Crippen LogP) is -0.124. The summed E-state index contributed by atoms with van der Waals surface area (Å²) in [5.74, 6) is -0.120. The lowest BCUT2D eigenvalue weighted by Crippen LogP contribution is -2.41. The van der Waals surface area contributed by atoms with Crippen molar-refractivity contribution in [3.05, 3.63) is 0 Å². The molecule has 0 bridgehead atoms. The zero-order chi connectivity index (χ0) is 9.40. The van der Waals surface area contributed by atoms with Crippen LogP contribution in [0.15, 0.2) is 0 Å². The predicted molar refractivity (Wildman–Crippen MR) is 47.8 cm³/mol. The van der Waals surface area contributed by atoms with Gasteiger partial charge in [-0.2, -0.15) is 0 Å². The third-order valence-electron chi connectivity index (χ3n) is 1.56. The van der Waals surface area contributed by atoms with Crippen molar-refractivity contribution in [3.8, 4) is 0 Å².